The molecule has 24 heavy (non-hydrogen) atoms. The van der Waals surface area contributed by atoms with Gasteiger partial charge in [0.25, 0.3) is 11.2 Å². The summed E-state index contributed by atoms with van der Waals surface area (Å²) in [5, 5.41) is 11.2. The molecule has 0 saturated carbocycles. The summed E-state index contributed by atoms with van der Waals surface area (Å²) in [6, 6.07) is 9.08. The van der Waals surface area contributed by atoms with Crippen LogP contribution in [0.15, 0.2) is 41.2 Å². The molecule has 3 aromatic rings. The zero-order valence-electron chi connectivity index (χ0n) is 12.9. The predicted octanol–water partition coefficient (Wildman–Crippen LogP) is 2.52. The molecule has 0 aliphatic rings. The van der Waals surface area contributed by atoms with Crippen LogP contribution in [-0.2, 0) is 0 Å². The number of aromatic nitrogens is 2. The standard InChI is InChI=1S/C16H13N3O5/c1-23-11-7-12-14(13(8-11)24-2)16(20)18-15(17-12)9-4-3-5-10(6-9)19(21)22/h3-8H,1-2H3,(H,17,18,20). The monoisotopic (exact) mass is 327 g/mol. The first-order chi connectivity index (χ1) is 11.5. The Morgan fingerprint density at radius 3 is 2.62 bits per heavy atom. The van der Waals surface area contributed by atoms with E-state index in [-0.39, 0.29) is 16.9 Å². The van der Waals surface area contributed by atoms with Crippen molar-refractivity contribution in [3.63, 3.8) is 0 Å². The van der Waals surface area contributed by atoms with Gasteiger partial charge in [-0.2, -0.15) is 0 Å². The van der Waals surface area contributed by atoms with Crippen molar-refractivity contribution in [2.24, 2.45) is 0 Å². The number of hydrogen-bond acceptors (Lipinski definition) is 6. The van der Waals surface area contributed by atoms with E-state index in [1.807, 2.05) is 0 Å². The van der Waals surface area contributed by atoms with Crippen molar-refractivity contribution in [1.82, 2.24) is 9.97 Å². The Balaban J connectivity index is 2.26. The van der Waals surface area contributed by atoms with Gasteiger partial charge in [-0.3, -0.25) is 14.9 Å². The lowest BCUT2D eigenvalue weighted by molar-refractivity contribution is -0.384. The van der Waals surface area contributed by atoms with Crippen LogP contribution in [0, 0.1) is 10.1 Å². The molecule has 0 aliphatic carbocycles. The van der Waals surface area contributed by atoms with Gasteiger partial charge in [0.15, 0.2) is 0 Å². The lowest BCUT2D eigenvalue weighted by Crippen LogP contribution is -2.11. The molecular formula is C16H13N3O5. The van der Waals surface area contributed by atoms with Crippen molar-refractivity contribution >= 4 is 16.6 Å². The number of nitrogens with one attached hydrogen (secondary N) is 1. The summed E-state index contributed by atoms with van der Waals surface area (Å²) in [6.07, 6.45) is 0. The molecule has 122 valence electrons. The number of rotatable bonds is 4. The normalized spacial score (nSPS) is 10.6. The third kappa shape index (κ3) is 2.65. The van der Waals surface area contributed by atoms with Crippen LogP contribution < -0.4 is 15.0 Å². The highest BCUT2D eigenvalue weighted by molar-refractivity contribution is 5.87. The summed E-state index contributed by atoms with van der Waals surface area (Å²) in [5.41, 5.74) is 0.320. The van der Waals surface area contributed by atoms with E-state index in [1.165, 1.54) is 32.4 Å². The zero-order chi connectivity index (χ0) is 17.3. The van der Waals surface area contributed by atoms with E-state index in [1.54, 1.807) is 18.2 Å². The average molecular weight is 327 g/mol. The maximum Gasteiger partial charge on any atom is 0.270 e. The minimum absolute atomic E-state index is 0.0848. The van der Waals surface area contributed by atoms with Crippen LogP contribution in [0.1, 0.15) is 0 Å². The fourth-order valence-corrected chi connectivity index (χ4v) is 2.39. The van der Waals surface area contributed by atoms with E-state index in [9.17, 15) is 14.9 Å². The minimum atomic E-state index is -0.505. The topological polar surface area (TPSA) is 107 Å². The third-order valence-electron chi connectivity index (χ3n) is 3.53. The summed E-state index contributed by atoms with van der Waals surface area (Å²) >= 11 is 0. The van der Waals surface area contributed by atoms with E-state index in [0.717, 1.165) is 0 Å². The van der Waals surface area contributed by atoms with Gasteiger partial charge in [-0.05, 0) is 0 Å². The molecular weight excluding hydrogens is 314 g/mol. The van der Waals surface area contributed by atoms with Gasteiger partial charge in [-0.1, -0.05) is 12.1 Å². The summed E-state index contributed by atoms with van der Waals surface area (Å²) < 4.78 is 10.4. The lowest BCUT2D eigenvalue weighted by atomic mass is 10.1. The molecule has 0 radical (unpaired) electrons. The number of H-pyrrole nitrogens is 1. The molecule has 8 nitrogen and oxygen atoms in total. The third-order valence-corrected chi connectivity index (χ3v) is 3.53. The van der Waals surface area contributed by atoms with Gasteiger partial charge < -0.3 is 14.5 Å². The van der Waals surface area contributed by atoms with Crippen molar-refractivity contribution in [3.05, 3.63) is 56.9 Å². The molecule has 0 amide bonds. The molecule has 0 saturated heterocycles. The second-order valence-electron chi connectivity index (χ2n) is 4.95. The fourth-order valence-electron chi connectivity index (χ4n) is 2.39. The summed E-state index contributed by atoms with van der Waals surface area (Å²) in [7, 11) is 2.94. The maximum absolute atomic E-state index is 12.4. The Morgan fingerprint density at radius 1 is 1.17 bits per heavy atom. The van der Waals surface area contributed by atoms with E-state index in [4.69, 9.17) is 9.47 Å². The second kappa shape index (κ2) is 5.99. The Kier molecular flexibility index (Phi) is 3.87. The number of nitro groups is 1. The van der Waals surface area contributed by atoms with E-state index >= 15 is 0 Å². The molecule has 0 aliphatic heterocycles. The number of fused-ring (bicyclic) bond motifs is 1. The SMILES string of the molecule is COc1cc(OC)c2c(=O)[nH]c(-c3cccc([N+](=O)[O-])c3)nc2c1. The van der Waals surface area contributed by atoms with Gasteiger partial charge in [0.1, 0.15) is 22.7 Å². The number of nitrogens with zero attached hydrogens (tertiary/aromatic N) is 2. The number of ether oxygens (including phenoxy) is 2. The van der Waals surface area contributed by atoms with E-state index < -0.39 is 10.5 Å². The van der Waals surface area contributed by atoms with Gasteiger partial charge in [-0.25, -0.2) is 4.98 Å². The molecule has 1 heterocycles. The fraction of sp³-hybridized carbons (Fsp3) is 0.125. The van der Waals surface area contributed by atoms with Crippen molar-refractivity contribution in [2.75, 3.05) is 14.2 Å². The van der Waals surface area contributed by atoms with Crippen LogP contribution in [0.4, 0.5) is 5.69 Å². The number of benzene rings is 2. The van der Waals surface area contributed by atoms with Gasteiger partial charge >= 0.3 is 0 Å². The smallest absolute Gasteiger partial charge is 0.270 e. The van der Waals surface area contributed by atoms with Crippen molar-refractivity contribution in [2.45, 2.75) is 0 Å². The summed E-state index contributed by atoms with van der Waals surface area (Å²) in [5.74, 6) is 1.05. The van der Waals surface area contributed by atoms with Crippen LogP contribution >= 0.6 is 0 Å². The molecule has 0 bridgehead atoms. The van der Waals surface area contributed by atoms with Gasteiger partial charge in [0.2, 0.25) is 0 Å². The predicted molar refractivity (Wildman–Crippen MR) is 87.6 cm³/mol. The Bertz CT molecular complexity index is 997. The quantitative estimate of drug-likeness (QED) is 0.583. The summed E-state index contributed by atoms with van der Waals surface area (Å²) in [6.45, 7) is 0. The molecule has 1 N–H and O–H groups in total. The Morgan fingerprint density at radius 2 is 1.96 bits per heavy atom. The number of methoxy groups -OCH3 is 2. The van der Waals surface area contributed by atoms with Crippen LogP contribution in [0.2, 0.25) is 0 Å². The molecule has 8 heteroatoms. The molecule has 2 aromatic carbocycles. The van der Waals surface area contributed by atoms with E-state index in [2.05, 4.69) is 9.97 Å². The molecule has 3 rings (SSSR count). The minimum Gasteiger partial charge on any atom is -0.497 e. The molecule has 0 atom stereocenters. The first kappa shape index (κ1) is 15.5. The summed E-state index contributed by atoms with van der Waals surface area (Å²) in [4.78, 5) is 29.8. The molecule has 0 fully saturated rings. The molecule has 0 unspecified atom stereocenters. The van der Waals surface area contributed by atoms with Gasteiger partial charge in [0, 0.05) is 29.8 Å². The first-order valence-corrected chi connectivity index (χ1v) is 6.94. The zero-order valence-corrected chi connectivity index (χ0v) is 12.9. The highest BCUT2D eigenvalue weighted by atomic mass is 16.6. The van der Waals surface area contributed by atoms with Crippen molar-refractivity contribution in [3.8, 4) is 22.9 Å². The second-order valence-corrected chi connectivity index (χ2v) is 4.95. The van der Waals surface area contributed by atoms with Crippen molar-refractivity contribution in [1.29, 1.82) is 0 Å². The van der Waals surface area contributed by atoms with Gasteiger partial charge in [-0.15, -0.1) is 0 Å². The van der Waals surface area contributed by atoms with Crippen LogP contribution in [0.5, 0.6) is 11.5 Å². The Labute approximate surface area is 135 Å². The van der Waals surface area contributed by atoms with Crippen LogP contribution in [0.25, 0.3) is 22.3 Å². The van der Waals surface area contributed by atoms with Crippen LogP contribution in [0.3, 0.4) is 0 Å². The highest BCUT2D eigenvalue weighted by Gasteiger charge is 2.14. The largest absolute Gasteiger partial charge is 0.497 e. The average Bonchev–Trinajstić information content (AvgIpc) is 2.60. The van der Waals surface area contributed by atoms with Gasteiger partial charge in [0.05, 0.1) is 24.7 Å². The lowest BCUT2D eigenvalue weighted by Gasteiger charge is -2.09. The number of aromatic amines is 1. The number of nitro benzene ring substituents is 1. The van der Waals surface area contributed by atoms with Crippen molar-refractivity contribution < 1.29 is 14.4 Å². The first-order valence-electron chi connectivity index (χ1n) is 6.94. The molecule has 1 aromatic heterocycles. The Hall–Kier alpha value is -3.42. The van der Waals surface area contributed by atoms with Crippen LogP contribution in [-0.4, -0.2) is 29.1 Å². The molecule has 0 spiro atoms. The highest BCUT2D eigenvalue weighted by Crippen LogP contribution is 2.29. The maximum atomic E-state index is 12.4. The number of non-ortho nitro benzene ring substituents is 1. The number of hydrogen-bond donors (Lipinski definition) is 1. The van der Waals surface area contributed by atoms with E-state index in [0.29, 0.717) is 22.6 Å².